The van der Waals surface area contributed by atoms with E-state index >= 15 is 0 Å². The van der Waals surface area contributed by atoms with Crippen LogP contribution in [0, 0.1) is 12.7 Å². The van der Waals surface area contributed by atoms with Crippen LogP contribution in [0.5, 0.6) is 17.2 Å². The molecule has 2 aromatic heterocycles. The van der Waals surface area contributed by atoms with Gasteiger partial charge in [0.05, 0.1) is 23.1 Å². The molecular weight excluding hydrogens is 431 g/mol. The summed E-state index contributed by atoms with van der Waals surface area (Å²) >= 11 is 6.15. The molecule has 0 aliphatic heterocycles. The molecule has 0 saturated carbocycles. The number of benzene rings is 3. The minimum atomic E-state index is -0.731. The van der Waals surface area contributed by atoms with Crippen molar-refractivity contribution in [1.82, 2.24) is 20.0 Å². The lowest BCUT2D eigenvalue weighted by Crippen LogP contribution is -1.95. The Labute approximate surface area is 187 Å². The maximum atomic E-state index is 13.7. The molecule has 1 N–H and O–H groups in total. The number of aromatic hydroxyl groups is 1. The highest BCUT2D eigenvalue weighted by molar-refractivity contribution is 6.30. The lowest BCUT2D eigenvalue weighted by molar-refractivity contribution is 0.432. The van der Waals surface area contributed by atoms with Crippen LogP contribution in [-0.4, -0.2) is 25.1 Å². The highest BCUT2D eigenvalue weighted by Crippen LogP contribution is 2.32. The van der Waals surface area contributed by atoms with Gasteiger partial charge in [-0.15, -0.1) is 5.10 Å². The van der Waals surface area contributed by atoms with Crippen LogP contribution in [0.25, 0.3) is 28.0 Å². The third kappa shape index (κ3) is 3.86. The first-order valence-electron chi connectivity index (χ1n) is 9.73. The number of fused-ring (bicyclic) bond motifs is 1. The van der Waals surface area contributed by atoms with E-state index in [4.69, 9.17) is 16.3 Å². The minimum absolute atomic E-state index is 0.420. The van der Waals surface area contributed by atoms with Crippen molar-refractivity contribution in [1.29, 1.82) is 0 Å². The Kier molecular flexibility index (Phi) is 4.95. The summed E-state index contributed by atoms with van der Waals surface area (Å²) in [5.74, 6) is 0.157. The van der Waals surface area contributed by atoms with E-state index in [0.717, 1.165) is 16.5 Å². The first-order valence-corrected chi connectivity index (χ1v) is 10.1. The Bertz CT molecular complexity index is 1450. The predicted molar refractivity (Wildman–Crippen MR) is 120 cm³/mol. The molecule has 0 amide bonds. The summed E-state index contributed by atoms with van der Waals surface area (Å²) in [6, 6.07) is 18.9. The van der Waals surface area contributed by atoms with Crippen molar-refractivity contribution in [3.05, 3.63) is 89.3 Å². The number of hydrogen-bond acceptors (Lipinski definition) is 5. The Morgan fingerprint density at radius 1 is 1.00 bits per heavy atom. The topological polar surface area (TPSA) is 73.1 Å². The molecule has 6 nitrogen and oxygen atoms in total. The van der Waals surface area contributed by atoms with Gasteiger partial charge in [-0.05, 0) is 67.1 Å². The first-order chi connectivity index (χ1) is 15.5. The zero-order valence-corrected chi connectivity index (χ0v) is 17.6. The van der Waals surface area contributed by atoms with Crippen LogP contribution >= 0.6 is 11.6 Å². The number of nitrogens with zero attached hydrogens (tertiary/aromatic N) is 4. The van der Waals surface area contributed by atoms with Gasteiger partial charge in [0.25, 0.3) is 0 Å². The fourth-order valence-electron chi connectivity index (χ4n) is 3.39. The molecule has 0 aliphatic carbocycles. The van der Waals surface area contributed by atoms with E-state index in [1.807, 2.05) is 49.4 Å². The zero-order chi connectivity index (χ0) is 22.2. The van der Waals surface area contributed by atoms with E-state index in [9.17, 15) is 9.50 Å². The summed E-state index contributed by atoms with van der Waals surface area (Å²) < 4.78 is 21.2. The fourth-order valence-corrected chi connectivity index (χ4v) is 3.67. The van der Waals surface area contributed by atoms with E-state index in [1.165, 1.54) is 16.8 Å². The number of halogens is 2. The molecule has 0 atom stereocenters. The van der Waals surface area contributed by atoms with Gasteiger partial charge in [-0.3, -0.25) is 0 Å². The van der Waals surface area contributed by atoms with Gasteiger partial charge in [-0.1, -0.05) is 22.9 Å². The Balaban J connectivity index is 1.48. The second kappa shape index (κ2) is 7.94. The molecule has 0 fully saturated rings. The summed E-state index contributed by atoms with van der Waals surface area (Å²) in [7, 11) is 0. The SMILES string of the molecule is Cc1cc(Cl)cc(Oc2cccc3nc(-c4cn(-c5ccc(O)c(F)c5)nn4)ccc23)c1. The van der Waals surface area contributed by atoms with Crippen molar-refractivity contribution in [2.75, 3.05) is 0 Å². The molecule has 0 spiro atoms. The van der Waals surface area contributed by atoms with E-state index in [2.05, 4.69) is 15.3 Å². The lowest BCUT2D eigenvalue weighted by atomic mass is 10.1. The fraction of sp³-hybridized carbons (Fsp3) is 0.0417. The molecule has 5 rings (SSSR count). The minimum Gasteiger partial charge on any atom is -0.505 e. The maximum absolute atomic E-state index is 13.7. The third-order valence-electron chi connectivity index (χ3n) is 4.89. The largest absolute Gasteiger partial charge is 0.505 e. The number of phenolic OH excluding ortho intramolecular Hbond substituents is 1. The van der Waals surface area contributed by atoms with E-state index < -0.39 is 11.6 Å². The summed E-state index contributed by atoms with van der Waals surface area (Å²) in [6.07, 6.45) is 1.65. The third-order valence-corrected chi connectivity index (χ3v) is 5.11. The first kappa shape index (κ1) is 20.0. The van der Waals surface area contributed by atoms with Gasteiger partial charge < -0.3 is 9.84 Å². The molecule has 2 heterocycles. The smallest absolute Gasteiger partial charge is 0.166 e. The van der Waals surface area contributed by atoms with E-state index in [0.29, 0.717) is 33.6 Å². The Hall–Kier alpha value is -3.97. The molecule has 0 saturated heterocycles. The Morgan fingerprint density at radius 2 is 1.88 bits per heavy atom. The van der Waals surface area contributed by atoms with Gasteiger partial charge in [0.1, 0.15) is 17.2 Å². The van der Waals surface area contributed by atoms with Crippen molar-refractivity contribution in [3.63, 3.8) is 0 Å². The number of rotatable bonds is 4. The van der Waals surface area contributed by atoms with Crippen LogP contribution < -0.4 is 4.74 Å². The second-order valence-corrected chi connectivity index (χ2v) is 7.71. The predicted octanol–water partition coefficient (Wildman–Crippen LogP) is 6.08. The number of ether oxygens (including phenoxy) is 1. The summed E-state index contributed by atoms with van der Waals surface area (Å²) in [4.78, 5) is 4.69. The van der Waals surface area contributed by atoms with Gasteiger partial charge in [0, 0.05) is 16.5 Å². The van der Waals surface area contributed by atoms with E-state index in [1.54, 1.807) is 18.3 Å². The number of phenols is 1. The molecular formula is C24H16ClFN4O2. The molecule has 8 heteroatoms. The lowest BCUT2D eigenvalue weighted by Gasteiger charge is -2.10. The molecule has 0 unspecified atom stereocenters. The zero-order valence-electron chi connectivity index (χ0n) is 16.8. The van der Waals surface area contributed by atoms with Crippen LogP contribution in [0.15, 0.2) is 72.9 Å². The molecule has 32 heavy (non-hydrogen) atoms. The average molecular weight is 447 g/mol. The van der Waals surface area contributed by atoms with Gasteiger partial charge in [0.2, 0.25) is 0 Å². The molecule has 0 bridgehead atoms. The standard InChI is InChI=1S/C24H16ClFN4O2/c1-14-9-15(25)11-17(10-14)32-24-4-2-3-20-18(24)6-7-21(27-20)22-13-30(29-28-22)16-5-8-23(31)19(26)12-16/h2-13,31H,1H3. The Morgan fingerprint density at radius 3 is 2.69 bits per heavy atom. The molecule has 0 radical (unpaired) electrons. The normalized spacial score (nSPS) is 11.1. The summed E-state index contributed by atoms with van der Waals surface area (Å²) in [5, 5.41) is 19.0. The van der Waals surface area contributed by atoms with Crippen LogP contribution in [0.2, 0.25) is 5.02 Å². The second-order valence-electron chi connectivity index (χ2n) is 7.27. The molecule has 158 valence electrons. The van der Waals surface area contributed by atoms with Crippen molar-refractivity contribution >= 4 is 22.5 Å². The summed E-state index contributed by atoms with van der Waals surface area (Å²) in [6.45, 7) is 1.95. The quantitative estimate of drug-likeness (QED) is 0.362. The average Bonchev–Trinajstić information content (AvgIpc) is 3.25. The van der Waals surface area contributed by atoms with Crippen molar-refractivity contribution in [2.24, 2.45) is 0 Å². The number of aryl methyl sites for hydroxylation is 1. The van der Waals surface area contributed by atoms with Crippen molar-refractivity contribution in [2.45, 2.75) is 6.92 Å². The summed E-state index contributed by atoms with van der Waals surface area (Å²) in [5.41, 5.74) is 3.30. The maximum Gasteiger partial charge on any atom is 0.166 e. The van der Waals surface area contributed by atoms with Gasteiger partial charge >= 0.3 is 0 Å². The van der Waals surface area contributed by atoms with Gasteiger partial charge in [0.15, 0.2) is 11.6 Å². The van der Waals surface area contributed by atoms with Crippen LogP contribution in [0.3, 0.4) is 0 Å². The van der Waals surface area contributed by atoms with Crippen LogP contribution in [0.1, 0.15) is 5.56 Å². The van der Waals surface area contributed by atoms with E-state index in [-0.39, 0.29) is 0 Å². The van der Waals surface area contributed by atoms with Crippen LogP contribution in [-0.2, 0) is 0 Å². The van der Waals surface area contributed by atoms with Gasteiger partial charge in [-0.2, -0.15) is 0 Å². The van der Waals surface area contributed by atoms with Crippen molar-refractivity contribution < 1.29 is 14.2 Å². The van der Waals surface area contributed by atoms with Crippen LogP contribution in [0.4, 0.5) is 4.39 Å². The van der Waals surface area contributed by atoms with Gasteiger partial charge in [-0.25, -0.2) is 14.1 Å². The highest BCUT2D eigenvalue weighted by atomic mass is 35.5. The molecule has 0 aliphatic rings. The number of hydrogen-bond donors (Lipinski definition) is 1. The highest BCUT2D eigenvalue weighted by Gasteiger charge is 2.12. The number of pyridine rings is 1. The number of aromatic nitrogens is 4. The monoisotopic (exact) mass is 446 g/mol. The van der Waals surface area contributed by atoms with Crippen molar-refractivity contribution in [3.8, 4) is 34.3 Å². The molecule has 5 aromatic rings. The molecule has 3 aromatic carbocycles.